The minimum atomic E-state index is -0.870. The fourth-order valence-corrected chi connectivity index (χ4v) is 3.06. The molecule has 0 N–H and O–H groups in total. The second kappa shape index (κ2) is 2.50. The maximum absolute atomic E-state index is 13.7. The van der Waals surface area contributed by atoms with Crippen LogP contribution in [-0.2, 0) is 0 Å². The van der Waals surface area contributed by atoms with E-state index in [0.29, 0.717) is 12.0 Å². The zero-order chi connectivity index (χ0) is 9.85. The molecule has 2 aliphatic rings. The molecule has 74 valence electrons. The summed E-state index contributed by atoms with van der Waals surface area (Å²) < 4.78 is 13.7. The number of alkyl halides is 1. The highest BCUT2D eigenvalue weighted by Crippen LogP contribution is 2.63. The first-order valence-corrected chi connectivity index (χ1v) is 5.27. The van der Waals surface area contributed by atoms with Gasteiger partial charge in [-0.1, -0.05) is 13.8 Å². The van der Waals surface area contributed by atoms with Gasteiger partial charge in [0.25, 0.3) is 0 Å². The molecule has 0 amide bonds. The molecule has 3 heteroatoms. The predicted molar refractivity (Wildman–Crippen MR) is 55.3 cm³/mol. The van der Waals surface area contributed by atoms with E-state index in [4.69, 9.17) is 0 Å². The SMILES string of the molecule is BC1(F)CC12CC(C(C)C)N(C)C2. The highest BCUT2D eigenvalue weighted by atomic mass is 19.1. The Kier molecular flexibility index (Phi) is 1.83. The van der Waals surface area contributed by atoms with Crippen molar-refractivity contribution in [2.75, 3.05) is 13.6 Å². The molecule has 2 fully saturated rings. The molecule has 0 aromatic rings. The average Bonchev–Trinajstić information content (AvgIpc) is 2.36. The van der Waals surface area contributed by atoms with Gasteiger partial charge in [0.05, 0.1) is 5.57 Å². The van der Waals surface area contributed by atoms with Crippen LogP contribution in [0, 0.1) is 11.3 Å². The first-order valence-electron chi connectivity index (χ1n) is 5.27. The summed E-state index contributed by atoms with van der Waals surface area (Å²) in [5.74, 6) is 0.653. The van der Waals surface area contributed by atoms with Crippen LogP contribution in [0.1, 0.15) is 26.7 Å². The zero-order valence-electron chi connectivity index (χ0n) is 9.10. The van der Waals surface area contributed by atoms with Crippen LogP contribution in [-0.4, -0.2) is 37.9 Å². The molecule has 0 radical (unpaired) electrons. The highest BCUT2D eigenvalue weighted by molar-refractivity contribution is 6.17. The number of halogens is 1. The van der Waals surface area contributed by atoms with E-state index in [-0.39, 0.29) is 5.41 Å². The molecule has 1 nitrogen and oxygen atoms in total. The molecular formula is C10H19BFN. The molecule has 1 spiro atoms. The third-order valence-electron chi connectivity index (χ3n) is 4.14. The van der Waals surface area contributed by atoms with Crippen LogP contribution >= 0.6 is 0 Å². The maximum Gasteiger partial charge on any atom is 0.151 e. The van der Waals surface area contributed by atoms with Gasteiger partial charge in [0.1, 0.15) is 0 Å². The number of rotatable bonds is 1. The van der Waals surface area contributed by atoms with Gasteiger partial charge < -0.3 is 4.90 Å². The normalized spacial score (nSPS) is 50.7. The van der Waals surface area contributed by atoms with Gasteiger partial charge in [-0.15, -0.1) is 0 Å². The van der Waals surface area contributed by atoms with Crippen molar-refractivity contribution >= 4 is 7.85 Å². The summed E-state index contributed by atoms with van der Waals surface area (Å²) in [6.45, 7) is 5.43. The van der Waals surface area contributed by atoms with E-state index in [1.54, 1.807) is 7.85 Å². The lowest BCUT2D eigenvalue weighted by Gasteiger charge is -2.22. The van der Waals surface area contributed by atoms with Gasteiger partial charge >= 0.3 is 0 Å². The topological polar surface area (TPSA) is 3.24 Å². The number of nitrogens with zero attached hydrogens (tertiary/aromatic N) is 1. The van der Waals surface area contributed by atoms with E-state index >= 15 is 0 Å². The fourth-order valence-electron chi connectivity index (χ4n) is 3.06. The number of hydrogen-bond acceptors (Lipinski definition) is 1. The van der Waals surface area contributed by atoms with Gasteiger partial charge in [0, 0.05) is 18.0 Å². The maximum atomic E-state index is 13.7. The summed E-state index contributed by atoms with van der Waals surface area (Å²) in [5, 5.41) is 0. The van der Waals surface area contributed by atoms with Crippen LogP contribution in [0.25, 0.3) is 0 Å². The van der Waals surface area contributed by atoms with E-state index in [9.17, 15) is 4.39 Å². The standard InChI is InChI=1S/C10H19BFN/c1-7(2)8-4-9(6-13(8)3)5-10(9,11)12/h7-8H,4-6,11H2,1-3H3. The van der Waals surface area contributed by atoms with Gasteiger partial charge in [-0.3, -0.25) is 4.39 Å². The van der Waals surface area contributed by atoms with Gasteiger partial charge in [-0.05, 0) is 25.8 Å². The zero-order valence-corrected chi connectivity index (χ0v) is 9.10. The van der Waals surface area contributed by atoms with E-state index in [2.05, 4.69) is 25.8 Å². The molecular weight excluding hydrogens is 164 g/mol. The monoisotopic (exact) mass is 183 g/mol. The lowest BCUT2D eigenvalue weighted by Crippen LogP contribution is -2.29. The van der Waals surface area contributed by atoms with E-state index < -0.39 is 5.57 Å². The molecule has 0 aromatic carbocycles. The Labute approximate surface area is 81.1 Å². The van der Waals surface area contributed by atoms with Crippen LogP contribution in [0.15, 0.2) is 0 Å². The molecule has 1 heterocycles. The molecule has 1 aliphatic heterocycles. The smallest absolute Gasteiger partial charge is 0.151 e. The van der Waals surface area contributed by atoms with Crippen LogP contribution in [0.3, 0.4) is 0 Å². The Balaban J connectivity index is 2.09. The van der Waals surface area contributed by atoms with Gasteiger partial charge in [0.15, 0.2) is 7.85 Å². The second-order valence-electron chi connectivity index (χ2n) is 5.59. The van der Waals surface area contributed by atoms with E-state index in [1.807, 2.05) is 0 Å². The van der Waals surface area contributed by atoms with Gasteiger partial charge in [-0.25, -0.2) is 0 Å². The van der Waals surface area contributed by atoms with Crippen molar-refractivity contribution in [3.63, 3.8) is 0 Å². The molecule has 3 atom stereocenters. The van der Waals surface area contributed by atoms with Crippen molar-refractivity contribution in [2.45, 2.75) is 38.3 Å². The summed E-state index contributed by atoms with van der Waals surface area (Å²) in [7, 11) is 3.90. The summed E-state index contributed by atoms with van der Waals surface area (Å²) in [6.07, 6.45) is 1.85. The quantitative estimate of drug-likeness (QED) is 0.549. The van der Waals surface area contributed by atoms with Crippen LogP contribution < -0.4 is 0 Å². The van der Waals surface area contributed by atoms with E-state index in [1.165, 1.54) is 0 Å². The number of hydrogen-bond donors (Lipinski definition) is 0. The van der Waals surface area contributed by atoms with Crippen molar-refractivity contribution < 1.29 is 4.39 Å². The Morgan fingerprint density at radius 1 is 1.54 bits per heavy atom. The minimum absolute atomic E-state index is 0.0245. The lowest BCUT2D eigenvalue weighted by molar-refractivity contribution is 0.248. The summed E-state index contributed by atoms with van der Waals surface area (Å²) >= 11 is 0. The molecule has 1 saturated heterocycles. The third-order valence-corrected chi connectivity index (χ3v) is 4.14. The van der Waals surface area contributed by atoms with Crippen molar-refractivity contribution in [3.8, 4) is 0 Å². The Morgan fingerprint density at radius 3 is 2.31 bits per heavy atom. The van der Waals surface area contributed by atoms with Gasteiger partial charge in [-0.2, -0.15) is 0 Å². The highest BCUT2D eigenvalue weighted by Gasteiger charge is 2.68. The summed E-state index contributed by atoms with van der Waals surface area (Å²) in [4.78, 5) is 2.34. The van der Waals surface area contributed by atoms with Crippen LogP contribution in [0.5, 0.6) is 0 Å². The van der Waals surface area contributed by atoms with Crippen molar-refractivity contribution in [3.05, 3.63) is 0 Å². The lowest BCUT2D eigenvalue weighted by atomic mass is 9.85. The Hall–Kier alpha value is -0.0451. The molecule has 1 aliphatic carbocycles. The first-order chi connectivity index (χ1) is 5.88. The molecule has 13 heavy (non-hydrogen) atoms. The Bertz CT molecular complexity index is 229. The Morgan fingerprint density at radius 2 is 2.08 bits per heavy atom. The van der Waals surface area contributed by atoms with Gasteiger partial charge in [0.2, 0.25) is 0 Å². The van der Waals surface area contributed by atoms with Crippen molar-refractivity contribution in [1.82, 2.24) is 4.90 Å². The van der Waals surface area contributed by atoms with E-state index in [0.717, 1.165) is 19.4 Å². The van der Waals surface area contributed by atoms with Crippen molar-refractivity contribution in [1.29, 1.82) is 0 Å². The van der Waals surface area contributed by atoms with Crippen LogP contribution in [0.4, 0.5) is 4.39 Å². The molecule has 2 rings (SSSR count). The minimum Gasteiger partial charge on any atom is -0.302 e. The molecule has 1 saturated carbocycles. The third kappa shape index (κ3) is 1.24. The molecule has 3 unspecified atom stereocenters. The number of likely N-dealkylation sites (tertiary alicyclic amines) is 1. The summed E-state index contributed by atoms with van der Waals surface area (Å²) in [5.41, 5.74) is -0.846. The largest absolute Gasteiger partial charge is 0.302 e. The second-order valence-corrected chi connectivity index (χ2v) is 5.59. The molecule has 0 bridgehead atoms. The fraction of sp³-hybridized carbons (Fsp3) is 1.00. The average molecular weight is 183 g/mol. The predicted octanol–water partition coefficient (Wildman–Crippen LogP) is 1.04. The first kappa shape index (κ1) is 9.51. The molecule has 0 aromatic heterocycles. The van der Waals surface area contributed by atoms with Crippen molar-refractivity contribution in [2.24, 2.45) is 11.3 Å². The summed E-state index contributed by atoms with van der Waals surface area (Å²) in [6, 6.07) is 0.595. The van der Waals surface area contributed by atoms with Crippen LogP contribution in [0.2, 0.25) is 0 Å².